The van der Waals surface area contributed by atoms with Crippen LogP contribution in [0.5, 0.6) is 0 Å². The Kier molecular flexibility index (Phi) is 4.99. The lowest BCUT2D eigenvalue weighted by Gasteiger charge is -2.12. The summed E-state index contributed by atoms with van der Waals surface area (Å²) in [6.45, 7) is 1.25. The summed E-state index contributed by atoms with van der Waals surface area (Å²) >= 11 is 0. The molecule has 0 aliphatic carbocycles. The molecule has 0 bridgehead atoms. The molecule has 4 rings (SSSR count). The Morgan fingerprint density at radius 1 is 1.21 bits per heavy atom. The normalized spacial score (nSPS) is 13.6. The Bertz CT molecular complexity index is 1160. The summed E-state index contributed by atoms with van der Waals surface area (Å²) in [5, 5.41) is 11.9. The van der Waals surface area contributed by atoms with E-state index >= 15 is 0 Å². The number of methoxy groups -OCH3 is 1. The van der Waals surface area contributed by atoms with E-state index < -0.39 is 10.2 Å². The third kappa shape index (κ3) is 3.21. The van der Waals surface area contributed by atoms with Gasteiger partial charge in [-0.25, -0.2) is 4.98 Å². The molecular weight excluding hydrogens is 380 g/mol. The second-order valence-corrected chi connectivity index (χ2v) is 7.93. The summed E-state index contributed by atoms with van der Waals surface area (Å²) in [6, 6.07) is 10.3. The van der Waals surface area contributed by atoms with E-state index in [9.17, 15) is 8.76 Å². The number of para-hydroxylation sites is 1. The Morgan fingerprint density at radius 3 is 2.79 bits per heavy atom. The summed E-state index contributed by atoms with van der Waals surface area (Å²) < 4.78 is 32.6. The van der Waals surface area contributed by atoms with Crippen LogP contribution in [-0.2, 0) is 19.2 Å². The highest BCUT2D eigenvalue weighted by molar-refractivity contribution is 7.97. The monoisotopic (exact) mass is 398 g/mol. The lowest BCUT2D eigenvalue weighted by molar-refractivity contribution is 0.198. The molecule has 28 heavy (non-hydrogen) atoms. The number of nitrogens with one attached hydrogen (secondary N) is 1. The quantitative estimate of drug-likeness (QED) is 0.372. The molecule has 10 heteroatoms. The van der Waals surface area contributed by atoms with E-state index in [2.05, 4.69) is 25.6 Å². The van der Waals surface area contributed by atoms with Gasteiger partial charge in [0.1, 0.15) is 16.0 Å². The fourth-order valence-corrected chi connectivity index (χ4v) is 4.13. The van der Waals surface area contributed by atoms with Crippen molar-refractivity contribution in [2.75, 3.05) is 25.6 Å². The van der Waals surface area contributed by atoms with Crippen molar-refractivity contribution in [1.29, 1.82) is 0 Å². The van der Waals surface area contributed by atoms with E-state index in [0.717, 1.165) is 11.8 Å². The Morgan fingerprint density at radius 2 is 2.00 bits per heavy atom. The summed E-state index contributed by atoms with van der Waals surface area (Å²) in [4.78, 5) is 8.50. The van der Waals surface area contributed by atoms with Crippen LogP contribution in [0.3, 0.4) is 0 Å². The number of aromatic nitrogens is 5. The van der Waals surface area contributed by atoms with Crippen LogP contribution in [0.15, 0.2) is 58.7 Å². The van der Waals surface area contributed by atoms with E-state index in [1.165, 1.54) is 29.0 Å². The number of ether oxygens (including phenoxy) is 1. The molecule has 0 spiro atoms. The number of hydrogen-bond donors (Lipinski definition) is 1. The average molecular weight is 398 g/mol. The zero-order valence-electron chi connectivity index (χ0n) is 15.1. The number of hydrogen-bond acceptors (Lipinski definition) is 8. The topological polar surface area (TPSA) is 117 Å². The van der Waals surface area contributed by atoms with Crippen molar-refractivity contribution >= 4 is 32.6 Å². The van der Waals surface area contributed by atoms with E-state index in [1.807, 2.05) is 24.3 Å². The van der Waals surface area contributed by atoms with Crippen LogP contribution < -0.4 is 5.32 Å². The Labute approximate surface area is 162 Å². The van der Waals surface area contributed by atoms with E-state index in [0.29, 0.717) is 24.5 Å². The van der Waals surface area contributed by atoms with Crippen LogP contribution >= 0.6 is 0 Å². The molecule has 144 valence electrons. The molecule has 0 saturated carbocycles. The molecule has 0 fully saturated rings. The van der Waals surface area contributed by atoms with E-state index in [-0.39, 0.29) is 15.6 Å². The van der Waals surface area contributed by atoms with Crippen LogP contribution in [0.1, 0.15) is 6.42 Å². The molecule has 0 aliphatic heterocycles. The highest BCUT2D eigenvalue weighted by atomic mass is 32.3. The first kappa shape index (κ1) is 18.4. The third-order valence-electron chi connectivity index (χ3n) is 4.25. The Hall–Kier alpha value is -2.95. The van der Waals surface area contributed by atoms with Crippen molar-refractivity contribution in [3.63, 3.8) is 0 Å². The molecule has 0 aliphatic rings. The number of rotatable bonds is 7. The van der Waals surface area contributed by atoms with Gasteiger partial charge < -0.3 is 14.6 Å². The van der Waals surface area contributed by atoms with Crippen molar-refractivity contribution in [2.45, 2.75) is 16.3 Å². The van der Waals surface area contributed by atoms with Gasteiger partial charge in [-0.1, -0.05) is 26.7 Å². The number of pyridine rings is 1. The third-order valence-corrected chi connectivity index (χ3v) is 5.92. The van der Waals surface area contributed by atoms with Crippen LogP contribution in [0.4, 0.5) is 5.82 Å². The van der Waals surface area contributed by atoms with Gasteiger partial charge in [-0.15, -0.1) is 0 Å². The summed E-state index contributed by atoms with van der Waals surface area (Å²) in [5.41, 5.74) is 0.884. The fourth-order valence-electron chi connectivity index (χ4n) is 2.91. The lowest BCUT2D eigenvalue weighted by atomic mass is 10.2. The number of benzene rings is 1. The van der Waals surface area contributed by atoms with Crippen LogP contribution in [0.25, 0.3) is 16.6 Å². The molecule has 4 aromatic rings. The molecule has 3 heterocycles. The van der Waals surface area contributed by atoms with Gasteiger partial charge in [0.2, 0.25) is 5.65 Å². The summed E-state index contributed by atoms with van der Waals surface area (Å²) in [5.74, 6) is 0.577. The minimum Gasteiger partial charge on any atom is -0.604 e. The molecule has 0 saturated heterocycles. The van der Waals surface area contributed by atoms with E-state index in [4.69, 9.17) is 4.74 Å². The van der Waals surface area contributed by atoms with Crippen molar-refractivity contribution in [1.82, 2.24) is 24.8 Å². The highest BCUT2D eigenvalue weighted by Crippen LogP contribution is 2.30. The van der Waals surface area contributed by atoms with Crippen LogP contribution in [-0.4, -0.2) is 49.6 Å². The zero-order valence-corrected chi connectivity index (χ0v) is 15.9. The molecule has 0 amide bonds. The van der Waals surface area contributed by atoms with Gasteiger partial charge in [0.15, 0.2) is 4.90 Å². The lowest BCUT2D eigenvalue weighted by Crippen LogP contribution is -2.13. The first-order chi connectivity index (χ1) is 13.6. The maximum atomic E-state index is 13.0. The second kappa shape index (κ2) is 7.58. The van der Waals surface area contributed by atoms with Crippen LogP contribution in [0.2, 0.25) is 0 Å². The molecule has 0 radical (unpaired) electrons. The molecular formula is C18H18N6O3S. The van der Waals surface area contributed by atoms with Gasteiger partial charge in [-0.3, -0.25) is 4.98 Å². The number of anilines is 1. The highest BCUT2D eigenvalue weighted by Gasteiger charge is 2.32. The largest absolute Gasteiger partial charge is 0.604 e. The first-order valence-corrected chi connectivity index (χ1v) is 10.1. The van der Waals surface area contributed by atoms with Crippen molar-refractivity contribution in [3.8, 4) is 0 Å². The van der Waals surface area contributed by atoms with Gasteiger partial charge in [-0.05, 0) is 18.6 Å². The second-order valence-electron chi connectivity index (χ2n) is 6.07. The molecule has 9 nitrogen and oxygen atoms in total. The Balaban J connectivity index is 1.86. The molecule has 1 atom stereocenters. The molecule has 3 aromatic heterocycles. The number of sulfone groups is 1. The average Bonchev–Trinajstić information content (AvgIpc) is 3.17. The summed E-state index contributed by atoms with van der Waals surface area (Å²) in [6.07, 6.45) is 3.63. The predicted molar refractivity (Wildman–Crippen MR) is 103 cm³/mol. The molecule has 1 aromatic carbocycles. The molecule has 1 N–H and O–H groups in total. The molecule has 1 unspecified atom stereocenters. The van der Waals surface area contributed by atoms with E-state index in [1.54, 1.807) is 7.11 Å². The van der Waals surface area contributed by atoms with Gasteiger partial charge in [-0.2, -0.15) is 4.52 Å². The predicted octanol–water partition coefficient (Wildman–Crippen LogP) is 2.17. The van der Waals surface area contributed by atoms with Crippen molar-refractivity contribution < 1.29 is 13.5 Å². The van der Waals surface area contributed by atoms with Crippen molar-refractivity contribution in [3.05, 3.63) is 48.8 Å². The smallest absolute Gasteiger partial charge is 0.317 e. The van der Waals surface area contributed by atoms with Crippen LogP contribution in [0, 0.1) is 0 Å². The van der Waals surface area contributed by atoms with Gasteiger partial charge in [0, 0.05) is 50.2 Å². The fraction of sp³-hybridized carbons (Fsp3) is 0.222. The first-order valence-electron chi connectivity index (χ1n) is 8.65. The SMILES string of the molecule is COCCCNc1nc2c([S+](=O)([O-])c3ccncc3)nnn2c2ccccc12. The van der Waals surface area contributed by atoms with Gasteiger partial charge >= 0.3 is 5.03 Å². The number of nitrogens with zero attached hydrogens (tertiary/aromatic N) is 5. The van der Waals surface area contributed by atoms with Crippen molar-refractivity contribution in [2.24, 2.45) is 0 Å². The number of fused-ring (bicyclic) bond motifs is 3. The van der Waals surface area contributed by atoms with Gasteiger partial charge in [0.25, 0.3) is 0 Å². The summed E-state index contributed by atoms with van der Waals surface area (Å²) in [7, 11) is -2.23. The maximum Gasteiger partial charge on any atom is 0.317 e. The zero-order chi connectivity index (χ0) is 19.6. The van der Waals surface area contributed by atoms with Gasteiger partial charge in [0.05, 0.1) is 5.52 Å². The minimum absolute atomic E-state index is 0.0921. The minimum atomic E-state index is -3.88. The maximum absolute atomic E-state index is 13.0. The standard InChI is InChI=1S/C18H18N6O3S/c1-27-12-4-9-20-16-14-5-2-3-6-15(14)24-17(21-16)18(22-23-24)28(25,26)13-7-10-19-11-8-13/h2-3,5-8,10-11H,4,9,12H2,1H3,(H-,20,21,25,26).